The second-order valence-electron chi connectivity index (χ2n) is 7.17. The van der Waals surface area contributed by atoms with Crippen LogP contribution in [0.4, 0.5) is 5.69 Å². The SMILES string of the molecule is CC(C)[C@@H](NC(=O)c1ccco1)C(=O)OCC(=O)Nc1ccc2c(c1)CCC2. The van der Waals surface area contributed by atoms with Crippen molar-refractivity contribution >= 4 is 23.5 Å². The van der Waals surface area contributed by atoms with Crippen LogP contribution in [0.15, 0.2) is 41.0 Å². The lowest BCUT2D eigenvalue weighted by Crippen LogP contribution is -2.45. The normalized spacial score (nSPS) is 13.7. The highest BCUT2D eigenvalue weighted by atomic mass is 16.5. The van der Waals surface area contributed by atoms with Crippen molar-refractivity contribution in [1.82, 2.24) is 5.32 Å². The van der Waals surface area contributed by atoms with Gasteiger partial charge in [-0.2, -0.15) is 0 Å². The molecule has 2 amide bonds. The molecule has 0 saturated heterocycles. The van der Waals surface area contributed by atoms with Gasteiger partial charge in [0.15, 0.2) is 12.4 Å². The number of nitrogens with one attached hydrogen (secondary N) is 2. The number of fused-ring (bicyclic) bond motifs is 1. The number of amides is 2. The van der Waals surface area contributed by atoms with Crippen LogP contribution in [0.1, 0.15) is 41.9 Å². The molecular weight excluding hydrogens is 360 g/mol. The fraction of sp³-hybridized carbons (Fsp3) is 0.381. The summed E-state index contributed by atoms with van der Waals surface area (Å²) in [7, 11) is 0. The molecule has 1 aliphatic carbocycles. The molecular formula is C21H24N2O5. The van der Waals surface area contributed by atoms with Gasteiger partial charge in [0.2, 0.25) is 0 Å². The molecule has 0 saturated carbocycles. The zero-order valence-corrected chi connectivity index (χ0v) is 16.0. The van der Waals surface area contributed by atoms with Gasteiger partial charge in [-0.3, -0.25) is 9.59 Å². The number of esters is 1. The summed E-state index contributed by atoms with van der Waals surface area (Å²) >= 11 is 0. The van der Waals surface area contributed by atoms with Gasteiger partial charge in [0.1, 0.15) is 6.04 Å². The Morgan fingerprint density at radius 1 is 1.14 bits per heavy atom. The maximum atomic E-state index is 12.4. The van der Waals surface area contributed by atoms with Crippen molar-refractivity contribution in [1.29, 1.82) is 0 Å². The quantitative estimate of drug-likeness (QED) is 0.716. The van der Waals surface area contributed by atoms with E-state index < -0.39 is 30.4 Å². The average Bonchev–Trinajstić information content (AvgIpc) is 3.35. The lowest BCUT2D eigenvalue weighted by Gasteiger charge is -2.20. The number of anilines is 1. The van der Waals surface area contributed by atoms with Crippen LogP contribution in [-0.4, -0.2) is 30.4 Å². The van der Waals surface area contributed by atoms with Crippen molar-refractivity contribution in [2.75, 3.05) is 11.9 Å². The van der Waals surface area contributed by atoms with E-state index in [1.165, 1.54) is 23.5 Å². The molecule has 0 radical (unpaired) electrons. The largest absolute Gasteiger partial charge is 0.459 e. The van der Waals surface area contributed by atoms with E-state index in [9.17, 15) is 14.4 Å². The molecule has 2 N–H and O–H groups in total. The Labute approximate surface area is 163 Å². The number of ether oxygens (including phenoxy) is 1. The number of aryl methyl sites for hydroxylation is 2. The number of hydrogen-bond acceptors (Lipinski definition) is 5. The van der Waals surface area contributed by atoms with E-state index in [1.807, 2.05) is 18.2 Å². The number of rotatable bonds is 7. The topological polar surface area (TPSA) is 97.6 Å². The highest BCUT2D eigenvalue weighted by Gasteiger charge is 2.27. The standard InChI is InChI=1S/C21H24N2O5/c1-13(2)19(23-20(25)17-7-4-10-27-17)21(26)28-12-18(24)22-16-9-8-14-5-3-6-15(14)11-16/h4,7-11,13,19H,3,5-6,12H2,1-2H3,(H,22,24)(H,23,25)/t19-/m1/s1. The summed E-state index contributed by atoms with van der Waals surface area (Å²) in [5.41, 5.74) is 3.25. The van der Waals surface area contributed by atoms with E-state index in [-0.39, 0.29) is 11.7 Å². The molecule has 0 spiro atoms. The number of furan rings is 1. The van der Waals surface area contributed by atoms with Gasteiger partial charge >= 0.3 is 5.97 Å². The summed E-state index contributed by atoms with van der Waals surface area (Å²) in [4.78, 5) is 36.6. The summed E-state index contributed by atoms with van der Waals surface area (Å²) in [6.07, 6.45) is 4.59. The summed E-state index contributed by atoms with van der Waals surface area (Å²) in [5.74, 6) is -1.72. The molecule has 1 heterocycles. The Morgan fingerprint density at radius 3 is 2.64 bits per heavy atom. The van der Waals surface area contributed by atoms with Gasteiger partial charge in [0, 0.05) is 5.69 Å². The molecule has 148 valence electrons. The first-order valence-corrected chi connectivity index (χ1v) is 9.36. The van der Waals surface area contributed by atoms with Crippen LogP contribution in [0.5, 0.6) is 0 Å². The Morgan fingerprint density at radius 2 is 1.93 bits per heavy atom. The summed E-state index contributed by atoms with van der Waals surface area (Å²) < 4.78 is 10.1. The zero-order valence-electron chi connectivity index (χ0n) is 16.0. The van der Waals surface area contributed by atoms with Crippen LogP contribution in [0.25, 0.3) is 0 Å². The van der Waals surface area contributed by atoms with E-state index in [4.69, 9.17) is 9.15 Å². The van der Waals surface area contributed by atoms with Gasteiger partial charge in [-0.1, -0.05) is 19.9 Å². The predicted molar refractivity (Wildman–Crippen MR) is 103 cm³/mol. The molecule has 3 rings (SSSR count). The Kier molecular flexibility index (Phi) is 6.13. The lowest BCUT2D eigenvalue weighted by molar-refractivity contribution is -0.150. The monoisotopic (exact) mass is 384 g/mol. The highest BCUT2D eigenvalue weighted by Crippen LogP contribution is 2.24. The second-order valence-corrected chi connectivity index (χ2v) is 7.17. The second kappa shape index (κ2) is 8.73. The van der Waals surface area contributed by atoms with E-state index in [0.717, 1.165) is 19.3 Å². The number of carbonyl (C=O) groups is 3. The van der Waals surface area contributed by atoms with Crippen molar-refractivity contribution in [3.63, 3.8) is 0 Å². The molecule has 1 aromatic heterocycles. The average molecular weight is 384 g/mol. The lowest BCUT2D eigenvalue weighted by atomic mass is 10.0. The molecule has 1 atom stereocenters. The number of benzene rings is 1. The highest BCUT2D eigenvalue weighted by molar-refractivity contribution is 5.96. The van der Waals surface area contributed by atoms with Crippen molar-refractivity contribution in [2.24, 2.45) is 5.92 Å². The summed E-state index contributed by atoms with van der Waals surface area (Å²) in [5, 5.41) is 5.32. The predicted octanol–water partition coefficient (Wildman–Crippen LogP) is 2.70. The molecule has 1 aliphatic rings. The van der Waals surface area contributed by atoms with E-state index in [2.05, 4.69) is 10.6 Å². The third kappa shape index (κ3) is 4.79. The minimum Gasteiger partial charge on any atom is -0.459 e. The summed E-state index contributed by atoms with van der Waals surface area (Å²) in [6, 6.07) is 8.03. The van der Waals surface area contributed by atoms with Crippen molar-refractivity contribution in [2.45, 2.75) is 39.2 Å². The van der Waals surface area contributed by atoms with E-state index in [1.54, 1.807) is 19.9 Å². The first-order valence-electron chi connectivity index (χ1n) is 9.36. The van der Waals surface area contributed by atoms with Gasteiger partial charge in [0.05, 0.1) is 6.26 Å². The third-order valence-electron chi connectivity index (χ3n) is 4.68. The van der Waals surface area contributed by atoms with Crippen LogP contribution in [0.3, 0.4) is 0 Å². The Bertz CT molecular complexity index is 858. The number of hydrogen-bond donors (Lipinski definition) is 2. The first kappa shape index (κ1) is 19.7. The molecule has 7 nitrogen and oxygen atoms in total. The molecule has 0 aliphatic heterocycles. The van der Waals surface area contributed by atoms with Crippen LogP contribution in [0.2, 0.25) is 0 Å². The van der Waals surface area contributed by atoms with Gasteiger partial charge in [-0.05, 0) is 60.6 Å². The fourth-order valence-electron chi connectivity index (χ4n) is 3.19. The molecule has 7 heteroatoms. The fourth-order valence-corrected chi connectivity index (χ4v) is 3.19. The van der Waals surface area contributed by atoms with Crippen LogP contribution < -0.4 is 10.6 Å². The van der Waals surface area contributed by atoms with Gasteiger partial charge in [-0.25, -0.2) is 4.79 Å². The van der Waals surface area contributed by atoms with Crippen LogP contribution >= 0.6 is 0 Å². The molecule has 0 fully saturated rings. The molecule has 1 aromatic carbocycles. The van der Waals surface area contributed by atoms with Crippen LogP contribution in [-0.2, 0) is 27.2 Å². The van der Waals surface area contributed by atoms with E-state index >= 15 is 0 Å². The maximum Gasteiger partial charge on any atom is 0.329 e. The summed E-state index contributed by atoms with van der Waals surface area (Å²) in [6.45, 7) is 3.13. The molecule has 0 unspecified atom stereocenters. The molecule has 28 heavy (non-hydrogen) atoms. The maximum absolute atomic E-state index is 12.4. The number of carbonyl (C=O) groups excluding carboxylic acids is 3. The minimum absolute atomic E-state index is 0.104. The van der Waals surface area contributed by atoms with Crippen LogP contribution in [0, 0.1) is 5.92 Å². The van der Waals surface area contributed by atoms with Gasteiger partial charge < -0.3 is 19.8 Å². The smallest absolute Gasteiger partial charge is 0.329 e. The first-order chi connectivity index (χ1) is 13.4. The molecule has 2 aromatic rings. The Hall–Kier alpha value is -3.09. The zero-order chi connectivity index (χ0) is 20.1. The van der Waals surface area contributed by atoms with Gasteiger partial charge in [0.25, 0.3) is 11.8 Å². The van der Waals surface area contributed by atoms with Crippen molar-refractivity contribution in [3.05, 3.63) is 53.5 Å². The Balaban J connectivity index is 1.52. The third-order valence-corrected chi connectivity index (χ3v) is 4.68. The minimum atomic E-state index is -0.884. The molecule has 0 bridgehead atoms. The van der Waals surface area contributed by atoms with E-state index in [0.29, 0.717) is 5.69 Å². The van der Waals surface area contributed by atoms with Crippen molar-refractivity contribution in [3.8, 4) is 0 Å². The van der Waals surface area contributed by atoms with Gasteiger partial charge in [-0.15, -0.1) is 0 Å². The van der Waals surface area contributed by atoms with Crippen molar-refractivity contribution < 1.29 is 23.5 Å².